The number of hydrogen-bond acceptors (Lipinski definition) is 6. The topological polar surface area (TPSA) is 101 Å². The molecule has 0 saturated heterocycles. The molecule has 0 radical (unpaired) electrons. The Morgan fingerprint density at radius 1 is 1.52 bits per heavy atom. The van der Waals surface area contributed by atoms with Crippen molar-refractivity contribution < 1.29 is 4.79 Å². The maximum atomic E-state index is 12.2. The van der Waals surface area contributed by atoms with Gasteiger partial charge in [-0.1, -0.05) is 11.3 Å². The van der Waals surface area contributed by atoms with Crippen LogP contribution in [0.1, 0.15) is 20.9 Å². The van der Waals surface area contributed by atoms with Gasteiger partial charge < -0.3 is 16.0 Å². The fourth-order valence-electron chi connectivity index (χ4n) is 2.03. The monoisotopic (exact) mass is 320 g/mol. The first-order valence-corrected chi connectivity index (χ1v) is 7.84. The van der Waals surface area contributed by atoms with Crippen LogP contribution in [0, 0.1) is 6.92 Å². The summed E-state index contributed by atoms with van der Waals surface area (Å²) in [4.78, 5) is 31.2. The van der Waals surface area contributed by atoms with Gasteiger partial charge in [0, 0.05) is 22.7 Å². The Labute approximate surface area is 127 Å². The standard InChI is InChI=1S/C13H12N4O2S2/c1-6-2-3-15-12-8(6)9(14)10(21-12)11(18)16-4-7-5-20-13(19)17-7/h2-3,5H,4,14H2,1H3,(H,16,18)(H,17,19). The van der Waals surface area contributed by atoms with E-state index in [1.165, 1.54) is 11.3 Å². The quantitative estimate of drug-likeness (QED) is 0.685. The highest BCUT2D eigenvalue weighted by atomic mass is 32.1. The maximum Gasteiger partial charge on any atom is 0.304 e. The molecule has 3 heterocycles. The fourth-order valence-corrected chi connectivity index (χ4v) is 3.67. The molecular formula is C13H12N4O2S2. The summed E-state index contributed by atoms with van der Waals surface area (Å²) in [5, 5.41) is 5.26. The van der Waals surface area contributed by atoms with Gasteiger partial charge in [-0.25, -0.2) is 4.98 Å². The van der Waals surface area contributed by atoms with E-state index in [9.17, 15) is 9.59 Å². The summed E-state index contributed by atoms with van der Waals surface area (Å²) in [6.45, 7) is 2.20. The Kier molecular flexibility index (Phi) is 3.48. The number of aromatic amines is 1. The van der Waals surface area contributed by atoms with Crippen LogP contribution in [0.3, 0.4) is 0 Å². The van der Waals surface area contributed by atoms with Gasteiger partial charge >= 0.3 is 4.87 Å². The number of aromatic nitrogens is 2. The van der Waals surface area contributed by atoms with Crippen molar-refractivity contribution in [2.24, 2.45) is 0 Å². The Bertz CT molecular complexity index is 878. The minimum atomic E-state index is -0.262. The van der Waals surface area contributed by atoms with Crippen LogP contribution in [-0.4, -0.2) is 15.9 Å². The molecule has 0 spiro atoms. The van der Waals surface area contributed by atoms with Crippen molar-refractivity contribution in [3.05, 3.63) is 43.4 Å². The zero-order chi connectivity index (χ0) is 15.0. The summed E-state index contributed by atoms with van der Waals surface area (Å²) in [6.07, 6.45) is 1.70. The normalized spacial score (nSPS) is 10.9. The van der Waals surface area contributed by atoms with Crippen molar-refractivity contribution in [3.63, 3.8) is 0 Å². The minimum absolute atomic E-state index is 0.138. The van der Waals surface area contributed by atoms with E-state index < -0.39 is 0 Å². The molecule has 0 aliphatic carbocycles. The molecule has 21 heavy (non-hydrogen) atoms. The Hall–Kier alpha value is -2.19. The lowest BCUT2D eigenvalue weighted by Crippen LogP contribution is -2.23. The van der Waals surface area contributed by atoms with Gasteiger partial charge in [-0.05, 0) is 18.6 Å². The van der Waals surface area contributed by atoms with Crippen LogP contribution in [0.25, 0.3) is 10.2 Å². The molecule has 108 valence electrons. The molecule has 1 amide bonds. The molecule has 0 bridgehead atoms. The molecule has 0 unspecified atom stereocenters. The van der Waals surface area contributed by atoms with E-state index in [2.05, 4.69) is 15.3 Å². The van der Waals surface area contributed by atoms with Gasteiger partial charge in [0.25, 0.3) is 5.91 Å². The second kappa shape index (κ2) is 5.30. The molecule has 3 aromatic rings. The number of nitrogens with zero attached hydrogens (tertiary/aromatic N) is 1. The van der Waals surface area contributed by atoms with Crippen molar-refractivity contribution in [1.82, 2.24) is 15.3 Å². The Morgan fingerprint density at radius 3 is 3.00 bits per heavy atom. The second-order valence-corrected chi connectivity index (χ2v) is 6.35. The number of aryl methyl sites for hydroxylation is 1. The molecule has 0 aromatic carbocycles. The number of fused-ring (bicyclic) bond motifs is 1. The van der Waals surface area contributed by atoms with E-state index >= 15 is 0 Å². The summed E-state index contributed by atoms with van der Waals surface area (Å²) in [5.74, 6) is -0.262. The van der Waals surface area contributed by atoms with Crippen LogP contribution >= 0.6 is 22.7 Å². The lowest BCUT2D eigenvalue weighted by molar-refractivity contribution is 0.0955. The van der Waals surface area contributed by atoms with Crippen LogP contribution in [0.4, 0.5) is 5.69 Å². The number of amides is 1. The molecule has 3 aromatic heterocycles. The van der Waals surface area contributed by atoms with E-state index in [0.29, 0.717) is 16.3 Å². The molecule has 0 atom stereocenters. The fraction of sp³-hybridized carbons (Fsp3) is 0.154. The zero-order valence-electron chi connectivity index (χ0n) is 11.1. The smallest absolute Gasteiger partial charge is 0.304 e. The van der Waals surface area contributed by atoms with Crippen molar-refractivity contribution >= 4 is 44.5 Å². The van der Waals surface area contributed by atoms with Gasteiger partial charge in [-0.3, -0.25) is 9.59 Å². The van der Waals surface area contributed by atoms with E-state index in [1.807, 2.05) is 13.0 Å². The van der Waals surface area contributed by atoms with Crippen molar-refractivity contribution in [3.8, 4) is 0 Å². The highest BCUT2D eigenvalue weighted by molar-refractivity contribution is 7.21. The first-order valence-electron chi connectivity index (χ1n) is 6.14. The zero-order valence-corrected chi connectivity index (χ0v) is 12.7. The molecule has 3 rings (SSSR count). The van der Waals surface area contributed by atoms with Crippen molar-refractivity contribution in [2.75, 3.05) is 5.73 Å². The molecule has 6 nitrogen and oxygen atoms in total. The summed E-state index contributed by atoms with van der Waals surface area (Å²) in [6, 6.07) is 1.86. The van der Waals surface area contributed by atoms with Crippen LogP contribution in [0.5, 0.6) is 0 Å². The van der Waals surface area contributed by atoms with E-state index in [4.69, 9.17) is 5.73 Å². The number of anilines is 1. The van der Waals surface area contributed by atoms with Crippen LogP contribution in [0.15, 0.2) is 22.4 Å². The van der Waals surface area contributed by atoms with E-state index in [0.717, 1.165) is 27.1 Å². The minimum Gasteiger partial charge on any atom is -0.397 e. The largest absolute Gasteiger partial charge is 0.397 e. The summed E-state index contributed by atoms with van der Waals surface area (Å²) in [7, 11) is 0. The van der Waals surface area contributed by atoms with Crippen molar-refractivity contribution in [1.29, 1.82) is 0 Å². The predicted molar refractivity (Wildman–Crippen MR) is 84.9 cm³/mol. The van der Waals surface area contributed by atoms with E-state index in [-0.39, 0.29) is 17.3 Å². The third kappa shape index (κ3) is 2.55. The molecule has 0 fully saturated rings. The van der Waals surface area contributed by atoms with Gasteiger partial charge in [-0.2, -0.15) is 0 Å². The molecule has 8 heteroatoms. The lowest BCUT2D eigenvalue weighted by Gasteiger charge is -2.02. The number of pyridine rings is 1. The molecule has 4 N–H and O–H groups in total. The van der Waals surface area contributed by atoms with Gasteiger partial charge in [0.2, 0.25) is 0 Å². The average Bonchev–Trinajstić information content (AvgIpc) is 3.01. The predicted octanol–water partition coefficient (Wildman–Crippen LogP) is 1.87. The van der Waals surface area contributed by atoms with Gasteiger partial charge in [0.05, 0.1) is 12.2 Å². The average molecular weight is 320 g/mol. The Balaban J connectivity index is 1.86. The molecule has 0 aliphatic rings. The second-order valence-electron chi connectivity index (χ2n) is 4.51. The molecule has 0 saturated carbocycles. The number of thiophene rings is 1. The SMILES string of the molecule is Cc1ccnc2sc(C(=O)NCc3csc(=O)[nH]3)c(N)c12. The highest BCUT2D eigenvalue weighted by Gasteiger charge is 2.18. The van der Waals surface area contributed by atoms with Crippen LogP contribution in [0.2, 0.25) is 0 Å². The number of thiazole rings is 1. The molecular weight excluding hydrogens is 308 g/mol. The number of carbonyl (C=O) groups is 1. The number of H-pyrrole nitrogens is 1. The lowest BCUT2D eigenvalue weighted by atomic mass is 10.2. The Morgan fingerprint density at radius 2 is 2.33 bits per heavy atom. The third-order valence-corrected chi connectivity index (χ3v) is 4.88. The number of rotatable bonds is 3. The maximum absolute atomic E-state index is 12.2. The van der Waals surface area contributed by atoms with Crippen LogP contribution in [-0.2, 0) is 6.54 Å². The molecule has 0 aliphatic heterocycles. The number of hydrogen-bond donors (Lipinski definition) is 3. The van der Waals surface area contributed by atoms with E-state index in [1.54, 1.807) is 11.6 Å². The summed E-state index contributed by atoms with van der Waals surface area (Å²) < 4.78 is 0. The van der Waals surface area contributed by atoms with Crippen LogP contribution < -0.4 is 15.9 Å². The number of nitrogen functional groups attached to an aromatic ring is 1. The van der Waals surface area contributed by atoms with Crippen molar-refractivity contribution in [2.45, 2.75) is 13.5 Å². The summed E-state index contributed by atoms with van der Waals surface area (Å²) in [5.41, 5.74) is 8.19. The number of carbonyl (C=O) groups excluding carboxylic acids is 1. The summed E-state index contributed by atoms with van der Waals surface area (Å²) >= 11 is 2.34. The van der Waals surface area contributed by atoms with Gasteiger partial charge in [0.15, 0.2) is 0 Å². The van der Waals surface area contributed by atoms with Gasteiger partial charge in [0.1, 0.15) is 9.71 Å². The number of nitrogens with two attached hydrogens (primary N) is 1. The first kappa shape index (κ1) is 13.8. The first-order chi connectivity index (χ1) is 10.1. The van der Waals surface area contributed by atoms with Gasteiger partial charge in [-0.15, -0.1) is 11.3 Å². The third-order valence-electron chi connectivity index (χ3n) is 3.05. The number of nitrogens with one attached hydrogen (secondary N) is 2. The highest BCUT2D eigenvalue weighted by Crippen LogP contribution is 2.34.